The van der Waals surface area contributed by atoms with Crippen LogP contribution in [0.5, 0.6) is 5.75 Å². The van der Waals surface area contributed by atoms with Gasteiger partial charge in [0.15, 0.2) is 0 Å². The Morgan fingerprint density at radius 1 is 1.23 bits per heavy atom. The van der Waals surface area contributed by atoms with E-state index in [1.165, 1.54) is 6.07 Å². The van der Waals surface area contributed by atoms with Crippen LogP contribution >= 0.6 is 0 Å². The molecule has 0 amide bonds. The third-order valence-corrected chi connectivity index (χ3v) is 3.63. The molecular formula is C18H16N2O2. The van der Waals surface area contributed by atoms with Gasteiger partial charge in [0.05, 0.1) is 17.3 Å². The average molecular weight is 292 g/mol. The molecule has 0 aliphatic carbocycles. The molecule has 0 unspecified atom stereocenters. The maximum absolute atomic E-state index is 12.3. The summed E-state index contributed by atoms with van der Waals surface area (Å²) in [6, 6.07) is 12.6. The monoisotopic (exact) mass is 292 g/mol. The second kappa shape index (κ2) is 4.88. The first-order valence-corrected chi connectivity index (χ1v) is 7.07. The van der Waals surface area contributed by atoms with Crippen molar-refractivity contribution in [2.24, 2.45) is 0 Å². The first-order chi connectivity index (χ1) is 10.4. The van der Waals surface area contributed by atoms with Gasteiger partial charge in [-0.25, -0.2) is 0 Å². The first kappa shape index (κ1) is 14.2. The Morgan fingerprint density at radius 3 is 2.68 bits per heavy atom. The second-order valence-corrected chi connectivity index (χ2v) is 5.90. The minimum atomic E-state index is -0.530. The van der Waals surface area contributed by atoms with Crippen LogP contribution in [-0.4, -0.2) is 10.2 Å². The summed E-state index contributed by atoms with van der Waals surface area (Å²) in [6.45, 7) is 5.77. The normalized spacial score (nSPS) is 15.3. The molecule has 0 bridgehead atoms. The smallest absolute Gasteiger partial charge is 0.255 e. The van der Waals surface area contributed by atoms with Crippen molar-refractivity contribution in [3.05, 3.63) is 69.6 Å². The van der Waals surface area contributed by atoms with E-state index in [1.807, 2.05) is 32.9 Å². The number of hydrogen-bond donors (Lipinski definition) is 0. The molecule has 0 atom stereocenters. The van der Waals surface area contributed by atoms with Crippen LogP contribution in [0.4, 0.5) is 0 Å². The van der Waals surface area contributed by atoms with Crippen molar-refractivity contribution in [2.75, 3.05) is 0 Å². The fourth-order valence-corrected chi connectivity index (χ4v) is 2.69. The topological polar surface area (TPSA) is 55.0 Å². The molecule has 0 radical (unpaired) electrons. The number of hydrogen-bond acceptors (Lipinski definition) is 3. The lowest BCUT2D eigenvalue weighted by Gasteiger charge is -2.32. The molecule has 1 aromatic carbocycles. The molecule has 2 aromatic rings. The molecule has 0 spiro atoms. The Kier molecular flexibility index (Phi) is 3.14. The highest BCUT2D eigenvalue weighted by molar-refractivity contribution is 5.75. The summed E-state index contributed by atoms with van der Waals surface area (Å²) in [5, 5.41) is 9.13. The maximum Gasteiger partial charge on any atom is 0.255 e. The van der Waals surface area contributed by atoms with Gasteiger partial charge in [0.1, 0.15) is 11.4 Å². The molecule has 0 N–H and O–H groups in total. The quantitative estimate of drug-likeness (QED) is 0.811. The van der Waals surface area contributed by atoms with Gasteiger partial charge < -0.3 is 4.74 Å². The molecule has 4 nitrogen and oxygen atoms in total. The molecule has 2 heterocycles. The number of rotatable bonds is 1. The number of aryl methyl sites for hydroxylation is 1. The number of nitriles is 1. The van der Waals surface area contributed by atoms with Crippen LogP contribution in [0.15, 0.2) is 47.3 Å². The van der Waals surface area contributed by atoms with E-state index in [0.717, 1.165) is 17.0 Å². The van der Waals surface area contributed by atoms with Crippen molar-refractivity contribution in [3.8, 4) is 11.8 Å². The van der Waals surface area contributed by atoms with Crippen molar-refractivity contribution in [2.45, 2.75) is 26.4 Å². The summed E-state index contributed by atoms with van der Waals surface area (Å²) in [7, 11) is 0. The molecule has 0 fully saturated rings. The number of pyridine rings is 1. The molecule has 22 heavy (non-hydrogen) atoms. The molecule has 3 rings (SSSR count). The van der Waals surface area contributed by atoms with Crippen LogP contribution in [0.3, 0.4) is 0 Å². The van der Waals surface area contributed by atoms with Crippen LogP contribution in [0, 0.1) is 18.3 Å². The maximum atomic E-state index is 12.3. The summed E-state index contributed by atoms with van der Waals surface area (Å²) in [4.78, 5) is 12.3. The van der Waals surface area contributed by atoms with E-state index < -0.39 is 5.60 Å². The zero-order valence-corrected chi connectivity index (χ0v) is 12.8. The summed E-state index contributed by atoms with van der Waals surface area (Å²) in [5.74, 6) is 0.677. The van der Waals surface area contributed by atoms with Gasteiger partial charge in [0, 0.05) is 17.3 Å². The van der Waals surface area contributed by atoms with Gasteiger partial charge in [-0.15, -0.1) is 0 Å². The summed E-state index contributed by atoms with van der Waals surface area (Å²) < 4.78 is 7.61. The summed E-state index contributed by atoms with van der Waals surface area (Å²) >= 11 is 0. The standard InChI is InChI=1S/C18H16N2O2/c1-12-5-4-6-17(21)20(12)15-10-18(2,3)22-16-8-7-13(11-19)9-14(15)16/h4-10H,1-3H3. The van der Waals surface area contributed by atoms with Gasteiger partial charge >= 0.3 is 0 Å². The highest BCUT2D eigenvalue weighted by Crippen LogP contribution is 2.37. The Morgan fingerprint density at radius 2 is 2.00 bits per heavy atom. The fraction of sp³-hybridized carbons (Fsp3) is 0.222. The Labute approximate surface area is 128 Å². The molecule has 4 heteroatoms. The van der Waals surface area contributed by atoms with Crippen LogP contribution in [0.25, 0.3) is 5.70 Å². The van der Waals surface area contributed by atoms with E-state index >= 15 is 0 Å². The van der Waals surface area contributed by atoms with Crippen molar-refractivity contribution < 1.29 is 4.74 Å². The van der Waals surface area contributed by atoms with Gasteiger partial charge in [-0.3, -0.25) is 9.36 Å². The van der Waals surface area contributed by atoms with E-state index in [4.69, 9.17) is 10.00 Å². The average Bonchev–Trinajstić information content (AvgIpc) is 2.45. The number of aromatic nitrogens is 1. The number of ether oxygens (including phenoxy) is 1. The highest BCUT2D eigenvalue weighted by Gasteiger charge is 2.28. The highest BCUT2D eigenvalue weighted by atomic mass is 16.5. The van der Waals surface area contributed by atoms with Crippen LogP contribution in [-0.2, 0) is 0 Å². The number of benzene rings is 1. The Bertz CT molecular complexity index is 883. The van der Waals surface area contributed by atoms with Gasteiger partial charge in [-0.05, 0) is 51.1 Å². The lowest BCUT2D eigenvalue weighted by atomic mass is 9.97. The fourth-order valence-electron chi connectivity index (χ4n) is 2.69. The van der Waals surface area contributed by atoms with Crippen LogP contribution in [0.1, 0.15) is 30.7 Å². The summed E-state index contributed by atoms with van der Waals surface area (Å²) in [5.41, 5.74) is 2.26. The Balaban J connectivity index is 2.33. The van der Waals surface area contributed by atoms with Gasteiger partial charge in [-0.2, -0.15) is 5.26 Å². The molecular weight excluding hydrogens is 276 g/mol. The Hall–Kier alpha value is -2.80. The lowest BCUT2D eigenvalue weighted by Crippen LogP contribution is -2.32. The number of nitrogens with zero attached hydrogens (tertiary/aromatic N) is 2. The van der Waals surface area contributed by atoms with Crippen molar-refractivity contribution in [3.63, 3.8) is 0 Å². The molecule has 1 aliphatic heterocycles. The van der Waals surface area contributed by atoms with E-state index in [2.05, 4.69) is 6.07 Å². The van der Waals surface area contributed by atoms with E-state index in [9.17, 15) is 4.79 Å². The largest absolute Gasteiger partial charge is 0.483 e. The van der Waals surface area contributed by atoms with E-state index in [-0.39, 0.29) is 5.56 Å². The van der Waals surface area contributed by atoms with Crippen molar-refractivity contribution in [1.82, 2.24) is 4.57 Å². The zero-order chi connectivity index (χ0) is 15.9. The zero-order valence-electron chi connectivity index (χ0n) is 12.8. The predicted octanol–water partition coefficient (Wildman–Crippen LogP) is 3.09. The SMILES string of the molecule is Cc1cccc(=O)n1C1=CC(C)(C)Oc2ccc(C#N)cc21. The summed E-state index contributed by atoms with van der Waals surface area (Å²) in [6.07, 6.45) is 1.92. The van der Waals surface area contributed by atoms with Gasteiger partial charge in [0.2, 0.25) is 0 Å². The molecule has 0 saturated carbocycles. The van der Waals surface area contributed by atoms with Crippen molar-refractivity contribution >= 4 is 5.70 Å². The predicted molar refractivity (Wildman–Crippen MR) is 84.7 cm³/mol. The third-order valence-electron chi connectivity index (χ3n) is 3.63. The molecule has 0 saturated heterocycles. The van der Waals surface area contributed by atoms with E-state index in [0.29, 0.717) is 11.3 Å². The first-order valence-electron chi connectivity index (χ1n) is 7.07. The van der Waals surface area contributed by atoms with Gasteiger partial charge in [0.25, 0.3) is 5.56 Å². The molecule has 1 aromatic heterocycles. The molecule has 110 valence electrons. The van der Waals surface area contributed by atoms with Crippen LogP contribution < -0.4 is 10.3 Å². The molecule has 1 aliphatic rings. The van der Waals surface area contributed by atoms with Crippen LogP contribution in [0.2, 0.25) is 0 Å². The second-order valence-electron chi connectivity index (χ2n) is 5.90. The number of fused-ring (bicyclic) bond motifs is 1. The minimum absolute atomic E-state index is 0.0998. The van der Waals surface area contributed by atoms with Crippen molar-refractivity contribution in [1.29, 1.82) is 5.26 Å². The van der Waals surface area contributed by atoms with E-state index in [1.54, 1.807) is 28.8 Å². The van der Waals surface area contributed by atoms with Gasteiger partial charge in [-0.1, -0.05) is 6.07 Å². The third kappa shape index (κ3) is 2.31. The lowest BCUT2D eigenvalue weighted by molar-refractivity contribution is 0.157. The minimum Gasteiger partial charge on any atom is -0.483 e.